The van der Waals surface area contributed by atoms with Crippen LogP contribution in [0.4, 0.5) is 0 Å². The Labute approximate surface area is 125 Å². The minimum Gasteiger partial charge on any atom is -0.477 e. The zero-order valence-corrected chi connectivity index (χ0v) is 12.4. The maximum atomic E-state index is 11.9. The second-order valence-corrected chi connectivity index (χ2v) is 5.94. The summed E-state index contributed by atoms with van der Waals surface area (Å²) in [5.74, 6) is -2.28. The van der Waals surface area contributed by atoms with Crippen LogP contribution in [0, 0.1) is 5.92 Å². The standard InChI is InChI=1S/C13H16N2O5S/c1-6(16)10-8-5-9(21-4-3-14-7(2)17)11(13(19)20)15(8)12(10)18/h3-4,6,8,10,16H,5H2,1-2H3,(H,14,17)(H,19,20)/t6-,8-,10-/m1/s1. The van der Waals surface area contributed by atoms with E-state index in [1.807, 2.05) is 0 Å². The normalized spacial score (nSPS) is 25.9. The van der Waals surface area contributed by atoms with Gasteiger partial charge in [0.05, 0.1) is 18.1 Å². The van der Waals surface area contributed by atoms with E-state index in [0.29, 0.717) is 11.3 Å². The summed E-state index contributed by atoms with van der Waals surface area (Å²) in [6.45, 7) is 2.90. The maximum absolute atomic E-state index is 11.9. The number of hydrogen-bond acceptors (Lipinski definition) is 5. The predicted octanol–water partition coefficient (Wildman–Crippen LogP) is 0.235. The van der Waals surface area contributed by atoms with E-state index in [1.165, 1.54) is 24.9 Å². The number of aliphatic hydroxyl groups excluding tert-OH is 1. The van der Waals surface area contributed by atoms with Crippen molar-refractivity contribution in [1.82, 2.24) is 10.2 Å². The predicted molar refractivity (Wildman–Crippen MR) is 75.6 cm³/mol. The van der Waals surface area contributed by atoms with Crippen LogP contribution in [0.25, 0.3) is 0 Å². The molecule has 8 heteroatoms. The van der Waals surface area contributed by atoms with Gasteiger partial charge in [0.2, 0.25) is 11.8 Å². The van der Waals surface area contributed by atoms with E-state index in [9.17, 15) is 24.6 Å². The number of nitrogens with one attached hydrogen (secondary N) is 1. The van der Waals surface area contributed by atoms with E-state index < -0.39 is 18.0 Å². The van der Waals surface area contributed by atoms with Gasteiger partial charge in [-0.05, 0) is 12.3 Å². The van der Waals surface area contributed by atoms with Gasteiger partial charge < -0.3 is 20.4 Å². The Balaban J connectivity index is 2.13. The molecule has 2 amide bonds. The van der Waals surface area contributed by atoms with Crippen molar-refractivity contribution < 1.29 is 24.6 Å². The Hall–Kier alpha value is -1.80. The molecule has 7 nitrogen and oxygen atoms in total. The molecule has 0 aromatic rings. The molecule has 0 unspecified atom stereocenters. The minimum absolute atomic E-state index is 0.0284. The summed E-state index contributed by atoms with van der Waals surface area (Å²) in [6, 6.07) is -0.291. The first-order chi connectivity index (χ1) is 9.84. The number of fused-ring (bicyclic) bond motifs is 1. The molecule has 0 saturated carbocycles. The van der Waals surface area contributed by atoms with Crippen LogP contribution in [0.1, 0.15) is 20.3 Å². The number of carbonyl (C=O) groups is 3. The zero-order chi connectivity index (χ0) is 15.7. The number of amides is 2. The van der Waals surface area contributed by atoms with Crippen molar-refractivity contribution in [2.45, 2.75) is 32.4 Å². The van der Waals surface area contributed by atoms with Crippen LogP contribution >= 0.6 is 11.8 Å². The van der Waals surface area contributed by atoms with E-state index >= 15 is 0 Å². The van der Waals surface area contributed by atoms with Gasteiger partial charge in [0.25, 0.3) is 0 Å². The number of carboxylic acid groups (broad SMARTS) is 1. The zero-order valence-electron chi connectivity index (χ0n) is 11.6. The third-order valence-electron chi connectivity index (χ3n) is 3.46. The quantitative estimate of drug-likeness (QED) is 0.628. The Morgan fingerprint density at radius 3 is 2.71 bits per heavy atom. The summed E-state index contributed by atoms with van der Waals surface area (Å²) in [6.07, 6.45) is 1.02. The Morgan fingerprint density at radius 1 is 1.52 bits per heavy atom. The lowest BCUT2D eigenvalue weighted by Gasteiger charge is -2.44. The number of carboxylic acids is 1. The van der Waals surface area contributed by atoms with Gasteiger partial charge in [-0.1, -0.05) is 11.8 Å². The molecule has 3 atom stereocenters. The van der Waals surface area contributed by atoms with Crippen molar-refractivity contribution in [3.63, 3.8) is 0 Å². The minimum atomic E-state index is -1.16. The third kappa shape index (κ3) is 2.81. The van der Waals surface area contributed by atoms with E-state index in [1.54, 1.807) is 5.41 Å². The molecular weight excluding hydrogens is 296 g/mol. The van der Waals surface area contributed by atoms with Crippen molar-refractivity contribution in [3.8, 4) is 0 Å². The average molecular weight is 312 g/mol. The van der Waals surface area contributed by atoms with Gasteiger partial charge in [-0.25, -0.2) is 4.79 Å². The van der Waals surface area contributed by atoms with Gasteiger partial charge in [0.15, 0.2) is 0 Å². The van der Waals surface area contributed by atoms with Gasteiger partial charge in [-0.15, -0.1) is 0 Å². The van der Waals surface area contributed by atoms with Crippen LogP contribution in [-0.2, 0) is 14.4 Å². The molecule has 2 aliphatic rings. The summed E-state index contributed by atoms with van der Waals surface area (Å²) >= 11 is 1.15. The van der Waals surface area contributed by atoms with E-state index in [4.69, 9.17) is 0 Å². The van der Waals surface area contributed by atoms with Crippen LogP contribution in [0.2, 0.25) is 0 Å². The van der Waals surface area contributed by atoms with Crippen LogP contribution < -0.4 is 5.32 Å². The molecule has 114 valence electrons. The van der Waals surface area contributed by atoms with Gasteiger partial charge in [0.1, 0.15) is 5.70 Å². The number of aliphatic carboxylic acids is 1. The molecule has 0 aromatic carbocycles. The molecular formula is C13H16N2O5S. The molecule has 1 fully saturated rings. The highest BCUT2D eigenvalue weighted by Gasteiger charge is 2.56. The molecule has 2 rings (SSSR count). The van der Waals surface area contributed by atoms with Gasteiger partial charge in [-0.3, -0.25) is 9.59 Å². The Bertz CT molecular complexity index is 555. The molecule has 0 aliphatic carbocycles. The van der Waals surface area contributed by atoms with Crippen molar-refractivity contribution in [3.05, 3.63) is 22.2 Å². The van der Waals surface area contributed by atoms with Crippen LogP contribution in [0.15, 0.2) is 22.2 Å². The summed E-state index contributed by atoms with van der Waals surface area (Å²) in [5.41, 5.74) is -0.0284. The fourth-order valence-electron chi connectivity index (χ4n) is 2.60. The number of β-lactam (4-membered cyclic amide) rings is 1. The highest BCUT2D eigenvalue weighted by molar-refractivity contribution is 8.05. The second kappa shape index (κ2) is 5.90. The van der Waals surface area contributed by atoms with Crippen LogP contribution in [0.5, 0.6) is 0 Å². The first kappa shape index (κ1) is 15.6. The molecule has 21 heavy (non-hydrogen) atoms. The number of nitrogens with zero attached hydrogens (tertiary/aromatic N) is 1. The highest BCUT2D eigenvalue weighted by atomic mass is 32.2. The Morgan fingerprint density at radius 2 is 2.19 bits per heavy atom. The highest BCUT2D eigenvalue weighted by Crippen LogP contribution is 2.47. The van der Waals surface area contributed by atoms with Crippen LogP contribution in [-0.4, -0.2) is 45.0 Å². The van der Waals surface area contributed by atoms with E-state index in [0.717, 1.165) is 11.8 Å². The summed E-state index contributed by atoms with van der Waals surface area (Å²) in [5, 5.41) is 22.9. The molecule has 1 saturated heterocycles. The summed E-state index contributed by atoms with van der Waals surface area (Å²) in [4.78, 5) is 35.8. The number of rotatable bonds is 5. The second-order valence-electron chi connectivity index (χ2n) is 4.94. The number of aliphatic hydroxyl groups is 1. The third-order valence-corrected chi connectivity index (χ3v) is 4.37. The van der Waals surface area contributed by atoms with Crippen LogP contribution in [0.3, 0.4) is 0 Å². The van der Waals surface area contributed by atoms with Crippen molar-refractivity contribution in [2.75, 3.05) is 0 Å². The Kier molecular flexibility index (Phi) is 4.38. The first-order valence-electron chi connectivity index (χ1n) is 6.41. The largest absolute Gasteiger partial charge is 0.477 e. The van der Waals surface area contributed by atoms with Crippen molar-refractivity contribution >= 4 is 29.5 Å². The van der Waals surface area contributed by atoms with Crippen molar-refractivity contribution in [2.24, 2.45) is 5.92 Å². The van der Waals surface area contributed by atoms with Gasteiger partial charge >= 0.3 is 5.97 Å². The molecule has 0 radical (unpaired) electrons. The topological polar surface area (TPSA) is 107 Å². The maximum Gasteiger partial charge on any atom is 0.353 e. The molecule has 2 heterocycles. The monoisotopic (exact) mass is 312 g/mol. The number of carbonyl (C=O) groups excluding carboxylic acids is 2. The molecule has 0 spiro atoms. The van der Waals surface area contributed by atoms with Crippen molar-refractivity contribution in [1.29, 1.82) is 0 Å². The van der Waals surface area contributed by atoms with E-state index in [-0.39, 0.29) is 23.6 Å². The lowest BCUT2D eigenvalue weighted by molar-refractivity contribution is -0.161. The smallest absolute Gasteiger partial charge is 0.353 e. The summed E-state index contributed by atoms with van der Waals surface area (Å²) in [7, 11) is 0. The summed E-state index contributed by atoms with van der Waals surface area (Å²) < 4.78 is 0. The van der Waals surface area contributed by atoms with E-state index in [2.05, 4.69) is 5.32 Å². The lowest BCUT2D eigenvalue weighted by atomic mass is 9.83. The van der Waals surface area contributed by atoms with Gasteiger partial charge in [-0.2, -0.15) is 0 Å². The molecule has 2 aliphatic heterocycles. The number of thioether (sulfide) groups is 1. The molecule has 3 N–H and O–H groups in total. The average Bonchev–Trinajstić information content (AvgIpc) is 2.68. The molecule has 0 aromatic heterocycles. The number of hydrogen-bond donors (Lipinski definition) is 3. The first-order valence-corrected chi connectivity index (χ1v) is 7.29. The molecule has 0 bridgehead atoms. The SMILES string of the molecule is CC(=O)NC=CSC1=C(C(=O)O)N2C(=O)[C@H]([C@@H](C)O)[C@H]2C1. The fourth-order valence-corrected chi connectivity index (χ4v) is 3.47. The lowest BCUT2D eigenvalue weighted by Crippen LogP contribution is -2.61. The fraction of sp³-hybridized carbons (Fsp3) is 0.462. The van der Waals surface area contributed by atoms with Gasteiger partial charge in [0, 0.05) is 24.4 Å².